The Morgan fingerprint density at radius 3 is 2.24 bits per heavy atom. The molecule has 34 heavy (non-hydrogen) atoms. The van der Waals surface area contributed by atoms with E-state index in [1.165, 1.54) is 7.11 Å². The van der Waals surface area contributed by atoms with Crippen LogP contribution in [0.2, 0.25) is 0 Å². The van der Waals surface area contributed by atoms with Crippen molar-refractivity contribution >= 4 is 12.1 Å². The Morgan fingerprint density at radius 2 is 1.65 bits per heavy atom. The highest BCUT2D eigenvalue weighted by molar-refractivity contribution is 5.89. The van der Waals surface area contributed by atoms with Gasteiger partial charge < -0.3 is 24.6 Å². The van der Waals surface area contributed by atoms with Gasteiger partial charge in [0.1, 0.15) is 11.4 Å². The molecule has 0 bridgehead atoms. The number of benzene rings is 2. The first kappa shape index (κ1) is 27.2. The number of methoxy groups -OCH3 is 1. The zero-order valence-electron chi connectivity index (χ0n) is 20.7. The van der Waals surface area contributed by atoms with Gasteiger partial charge in [0, 0.05) is 12.0 Å². The zero-order valence-corrected chi connectivity index (χ0v) is 20.7. The van der Waals surface area contributed by atoms with Crippen LogP contribution in [0, 0.1) is 5.92 Å². The Morgan fingerprint density at radius 1 is 1.00 bits per heavy atom. The first-order chi connectivity index (χ1) is 16.1. The summed E-state index contributed by atoms with van der Waals surface area (Å²) in [6.45, 7) is 7.87. The van der Waals surface area contributed by atoms with E-state index in [0.717, 1.165) is 11.3 Å². The third-order valence-electron chi connectivity index (χ3n) is 5.30. The number of aliphatic hydroxyl groups excluding tert-OH is 1. The van der Waals surface area contributed by atoms with Crippen LogP contribution in [-0.4, -0.2) is 48.6 Å². The molecule has 1 unspecified atom stereocenters. The van der Waals surface area contributed by atoms with Gasteiger partial charge in [-0.2, -0.15) is 0 Å². The number of rotatable bonds is 11. The third-order valence-corrected chi connectivity index (χ3v) is 5.30. The first-order valence-electron chi connectivity index (χ1n) is 11.6. The first-order valence-corrected chi connectivity index (χ1v) is 11.6. The van der Waals surface area contributed by atoms with Crippen LogP contribution < -0.4 is 10.1 Å². The molecule has 2 aromatic rings. The Bertz CT molecular complexity index is 892. The Balaban J connectivity index is 1.95. The molecule has 186 valence electrons. The molecule has 3 atom stereocenters. The summed E-state index contributed by atoms with van der Waals surface area (Å²) < 4.78 is 16.0. The fourth-order valence-electron chi connectivity index (χ4n) is 3.46. The van der Waals surface area contributed by atoms with Gasteiger partial charge in [-0.25, -0.2) is 9.59 Å². The Kier molecular flexibility index (Phi) is 10.4. The average Bonchev–Trinajstić information content (AvgIpc) is 2.79. The summed E-state index contributed by atoms with van der Waals surface area (Å²) in [5.41, 5.74) is 0.778. The Labute approximate surface area is 202 Å². The van der Waals surface area contributed by atoms with Crippen LogP contribution in [0.15, 0.2) is 54.6 Å². The molecule has 0 aliphatic carbocycles. The molecule has 0 saturated heterocycles. The number of ether oxygens (including phenoxy) is 3. The summed E-state index contributed by atoms with van der Waals surface area (Å²) in [4.78, 5) is 24.0. The van der Waals surface area contributed by atoms with Gasteiger partial charge in [0.2, 0.25) is 0 Å². The van der Waals surface area contributed by atoms with E-state index in [4.69, 9.17) is 14.2 Å². The third kappa shape index (κ3) is 9.83. The monoisotopic (exact) mass is 471 g/mol. The van der Waals surface area contributed by atoms with E-state index in [-0.39, 0.29) is 12.0 Å². The highest BCUT2D eigenvalue weighted by Crippen LogP contribution is 2.18. The number of para-hydroxylation sites is 1. The molecule has 0 radical (unpaired) electrons. The van der Waals surface area contributed by atoms with E-state index >= 15 is 0 Å². The maximum atomic E-state index is 12.4. The largest absolute Gasteiger partial charge is 0.493 e. The summed E-state index contributed by atoms with van der Waals surface area (Å²) in [5, 5.41) is 13.6. The molecule has 0 heterocycles. The second-order valence-electron chi connectivity index (χ2n) is 9.48. The van der Waals surface area contributed by atoms with E-state index in [1.807, 2.05) is 70.2 Å². The lowest BCUT2D eigenvalue weighted by Crippen LogP contribution is -2.44. The molecule has 7 heteroatoms. The molecule has 0 aliphatic heterocycles. The molecule has 1 amide bonds. The average molecular weight is 472 g/mol. The van der Waals surface area contributed by atoms with Crippen LogP contribution in [-0.2, 0) is 15.9 Å². The fourth-order valence-corrected chi connectivity index (χ4v) is 3.46. The minimum atomic E-state index is -0.603. The highest BCUT2D eigenvalue weighted by atomic mass is 16.6. The second-order valence-corrected chi connectivity index (χ2v) is 9.48. The van der Waals surface area contributed by atoms with E-state index in [2.05, 4.69) is 5.32 Å². The standard InChI is InChI=1S/C27H37NO6/c1-19(18-33-23-9-7-6-8-10-23)24(28-26(31)34-27(2,3)4)16-15-22(29)17-20-11-13-21(14-12-20)25(30)32-5/h6-14,19,22,24,29H,15-18H2,1-5H3,(H,28,31)/t19-,22?,24-/m1/s1. The molecule has 0 aliphatic rings. The van der Waals surface area contributed by atoms with Crippen LogP contribution in [0.1, 0.15) is 56.5 Å². The van der Waals surface area contributed by atoms with Crippen molar-refractivity contribution in [2.45, 2.75) is 64.7 Å². The van der Waals surface area contributed by atoms with E-state index in [1.54, 1.807) is 12.1 Å². The van der Waals surface area contributed by atoms with Gasteiger partial charge in [-0.3, -0.25) is 0 Å². The van der Waals surface area contributed by atoms with Crippen molar-refractivity contribution in [3.05, 3.63) is 65.7 Å². The predicted molar refractivity (Wildman–Crippen MR) is 131 cm³/mol. The van der Waals surface area contributed by atoms with Crippen molar-refractivity contribution in [1.82, 2.24) is 5.32 Å². The lowest BCUT2D eigenvalue weighted by Gasteiger charge is -2.28. The van der Waals surface area contributed by atoms with Crippen molar-refractivity contribution in [3.63, 3.8) is 0 Å². The summed E-state index contributed by atoms with van der Waals surface area (Å²) in [6.07, 6.45) is 0.385. The second kappa shape index (κ2) is 13.0. The van der Waals surface area contributed by atoms with Crippen LogP contribution in [0.25, 0.3) is 0 Å². The summed E-state index contributed by atoms with van der Waals surface area (Å²) in [6, 6.07) is 16.3. The minimum Gasteiger partial charge on any atom is -0.493 e. The maximum Gasteiger partial charge on any atom is 0.407 e. The molecule has 0 fully saturated rings. The van der Waals surface area contributed by atoms with Crippen LogP contribution in [0.3, 0.4) is 0 Å². The van der Waals surface area contributed by atoms with E-state index < -0.39 is 23.8 Å². The number of hydrogen-bond donors (Lipinski definition) is 2. The van der Waals surface area contributed by atoms with Crippen molar-refractivity contribution in [3.8, 4) is 5.75 Å². The van der Waals surface area contributed by atoms with Crippen molar-refractivity contribution in [2.24, 2.45) is 5.92 Å². The number of esters is 1. The Hall–Kier alpha value is -3.06. The fraction of sp³-hybridized carbons (Fsp3) is 0.481. The number of carbonyl (C=O) groups is 2. The van der Waals surface area contributed by atoms with Gasteiger partial charge in [0.25, 0.3) is 0 Å². The molecule has 0 saturated carbocycles. The van der Waals surface area contributed by atoms with Crippen molar-refractivity contribution in [1.29, 1.82) is 0 Å². The van der Waals surface area contributed by atoms with Gasteiger partial charge in [-0.1, -0.05) is 37.3 Å². The van der Waals surface area contributed by atoms with Gasteiger partial charge in [0.05, 0.1) is 25.4 Å². The highest BCUT2D eigenvalue weighted by Gasteiger charge is 2.25. The van der Waals surface area contributed by atoms with Crippen molar-refractivity contribution < 1.29 is 28.9 Å². The van der Waals surface area contributed by atoms with Gasteiger partial charge >= 0.3 is 12.1 Å². The number of carbonyl (C=O) groups excluding carboxylic acids is 2. The molecule has 7 nitrogen and oxygen atoms in total. The van der Waals surface area contributed by atoms with Crippen LogP contribution in [0.5, 0.6) is 5.75 Å². The van der Waals surface area contributed by atoms with E-state index in [9.17, 15) is 14.7 Å². The summed E-state index contributed by atoms with van der Waals surface area (Å²) >= 11 is 0. The lowest BCUT2D eigenvalue weighted by molar-refractivity contribution is 0.0463. The van der Waals surface area contributed by atoms with Crippen molar-refractivity contribution in [2.75, 3.05) is 13.7 Å². The predicted octanol–water partition coefficient (Wildman–Crippen LogP) is 4.77. The van der Waals surface area contributed by atoms with Gasteiger partial charge in [-0.15, -0.1) is 0 Å². The molecule has 2 aromatic carbocycles. The zero-order chi connectivity index (χ0) is 25.1. The normalized spacial score (nSPS) is 13.9. The molecular formula is C27H37NO6. The minimum absolute atomic E-state index is 0.0146. The van der Waals surface area contributed by atoms with E-state index in [0.29, 0.717) is 31.4 Å². The number of aliphatic hydroxyl groups is 1. The molecule has 2 N–H and O–H groups in total. The molecule has 0 spiro atoms. The number of amides is 1. The van der Waals surface area contributed by atoms with Crippen LogP contribution in [0.4, 0.5) is 4.79 Å². The molecule has 2 rings (SSSR count). The number of nitrogens with one attached hydrogen (secondary N) is 1. The summed E-state index contributed by atoms with van der Waals surface area (Å²) in [5.74, 6) is 0.356. The number of alkyl carbamates (subject to hydrolysis) is 1. The molecule has 0 aromatic heterocycles. The molecular weight excluding hydrogens is 434 g/mol. The SMILES string of the molecule is COC(=O)c1ccc(CC(O)CC[C@@H](NC(=O)OC(C)(C)C)[C@H](C)COc2ccccc2)cc1. The topological polar surface area (TPSA) is 94.1 Å². The smallest absolute Gasteiger partial charge is 0.407 e. The van der Waals surface area contributed by atoms with Gasteiger partial charge in [-0.05, 0) is 69.9 Å². The lowest BCUT2D eigenvalue weighted by atomic mass is 9.94. The van der Waals surface area contributed by atoms with Crippen LogP contribution >= 0.6 is 0 Å². The van der Waals surface area contributed by atoms with Gasteiger partial charge in [0.15, 0.2) is 0 Å². The number of hydrogen-bond acceptors (Lipinski definition) is 6. The maximum absolute atomic E-state index is 12.4. The summed E-state index contributed by atoms with van der Waals surface area (Å²) in [7, 11) is 1.34. The quantitative estimate of drug-likeness (QED) is 0.459.